The fraction of sp³-hybridized carbons (Fsp3) is 0.222. The summed E-state index contributed by atoms with van der Waals surface area (Å²) in [6.07, 6.45) is 3.18. The number of carbonyl (C=O) groups is 1. The van der Waals surface area contributed by atoms with Crippen molar-refractivity contribution in [2.45, 2.75) is 12.8 Å². The molecule has 0 bridgehead atoms. The number of Topliss-reactive ketones (excluding diaryl/α,β-unsaturated/α-hetero) is 1. The van der Waals surface area contributed by atoms with Crippen molar-refractivity contribution in [2.75, 3.05) is 13.2 Å². The van der Waals surface area contributed by atoms with Gasteiger partial charge in [0.05, 0.1) is 6.33 Å². The normalized spacial score (nSPS) is 11.3. The number of pyridine rings is 1. The highest BCUT2D eigenvalue weighted by atomic mass is 19.1. The first-order valence-corrected chi connectivity index (χ1v) is 7.37. The van der Waals surface area contributed by atoms with Gasteiger partial charge in [-0.15, -0.1) is 0 Å². The molecule has 0 atom stereocenters. The van der Waals surface area contributed by atoms with Crippen LogP contribution in [0.4, 0.5) is 4.39 Å². The molecule has 0 unspecified atom stereocenters. The molecule has 0 fully saturated rings. The first-order valence-electron chi connectivity index (χ1n) is 7.37. The summed E-state index contributed by atoms with van der Waals surface area (Å²) >= 11 is 0. The lowest BCUT2D eigenvalue weighted by molar-refractivity contribution is 0.0982. The van der Waals surface area contributed by atoms with Gasteiger partial charge in [-0.2, -0.15) is 0 Å². The number of halogens is 1. The van der Waals surface area contributed by atoms with Crippen molar-refractivity contribution in [2.24, 2.45) is 5.73 Å². The minimum Gasteiger partial charge on any atom is -0.489 e. The Balaban J connectivity index is 1.87. The van der Waals surface area contributed by atoms with Gasteiger partial charge in [-0.1, -0.05) is 6.07 Å². The van der Waals surface area contributed by atoms with E-state index in [0.29, 0.717) is 36.1 Å². The Morgan fingerprint density at radius 3 is 2.61 bits per heavy atom. The third kappa shape index (κ3) is 5.30. The van der Waals surface area contributed by atoms with Crippen LogP contribution in [0.2, 0.25) is 0 Å². The molecule has 0 aliphatic carbocycles. The topological polar surface area (TPSA) is 65.2 Å². The summed E-state index contributed by atoms with van der Waals surface area (Å²) in [6, 6.07) is 12.5. The van der Waals surface area contributed by atoms with Gasteiger partial charge in [0.1, 0.15) is 12.4 Å². The molecule has 2 rings (SSSR count). The molecule has 0 saturated heterocycles. The average molecular weight is 314 g/mol. The van der Waals surface area contributed by atoms with Crippen molar-refractivity contribution in [3.8, 4) is 5.75 Å². The van der Waals surface area contributed by atoms with Crippen molar-refractivity contribution in [3.05, 3.63) is 71.8 Å². The Labute approximate surface area is 134 Å². The predicted molar refractivity (Wildman–Crippen MR) is 87.1 cm³/mol. The number of nitrogens with zero attached hydrogens (tertiary/aromatic N) is 1. The molecule has 2 N–H and O–H groups in total. The Bertz CT molecular complexity index is 654. The number of rotatable bonds is 8. The smallest absolute Gasteiger partial charge is 0.163 e. The molecule has 0 aliphatic heterocycles. The predicted octanol–water partition coefficient (Wildman–Crippen LogP) is 3.09. The van der Waals surface area contributed by atoms with Crippen molar-refractivity contribution in [3.63, 3.8) is 0 Å². The lowest BCUT2D eigenvalue weighted by Gasteiger charge is -2.08. The van der Waals surface area contributed by atoms with Crippen molar-refractivity contribution < 1.29 is 13.9 Å². The van der Waals surface area contributed by atoms with E-state index in [2.05, 4.69) is 4.98 Å². The molecule has 0 radical (unpaired) electrons. The van der Waals surface area contributed by atoms with Crippen LogP contribution in [0, 0.1) is 0 Å². The Hall–Kier alpha value is -2.53. The van der Waals surface area contributed by atoms with Gasteiger partial charge >= 0.3 is 0 Å². The maximum Gasteiger partial charge on any atom is 0.163 e. The zero-order chi connectivity index (χ0) is 16.5. The number of nitrogens with two attached hydrogens (primary N) is 1. The van der Waals surface area contributed by atoms with Crippen LogP contribution < -0.4 is 10.5 Å². The number of carbonyl (C=O) groups excluding carboxylic acids is 1. The second-order valence-corrected chi connectivity index (χ2v) is 5.03. The summed E-state index contributed by atoms with van der Waals surface area (Å²) in [5.74, 6) is 0.618. The van der Waals surface area contributed by atoms with E-state index in [1.165, 1.54) is 0 Å². The van der Waals surface area contributed by atoms with Crippen LogP contribution >= 0.6 is 0 Å². The Morgan fingerprint density at radius 2 is 2.00 bits per heavy atom. The summed E-state index contributed by atoms with van der Waals surface area (Å²) in [7, 11) is 0. The molecule has 4 nitrogen and oxygen atoms in total. The lowest BCUT2D eigenvalue weighted by Crippen LogP contribution is -2.10. The second-order valence-electron chi connectivity index (χ2n) is 5.03. The molecular formula is C18H19FN2O2. The van der Waals surface area contributed by atoms with Crippen LogP contribution in [0.25, 0.3) is 0 Å². The van der Waals surface area contributed by atoms with Gasteiger partial charge in [-0.25, -0.2) is 4.39 Å². The van der Waals surface area contributed by atoms with Gasteiger partial charge in [-0.05, 0) is 42.8 Å². The minimum atomic E-state index is 0.0495. The van der Waals surface area contributed by atoms with Crippen LogP contribution in [-0.4, -0.2) is 23.9 Å². The van der Waals surface area contributed by atoms with E-state index in [0.717, 1.165) is 5.69 Å². The maximum absolute atomic E-state index is 12.4. The molecule has 0 aliphatic rings. The number of ether oxygens (including phenoxy) is 1. The summed E-state index contributed by atoms with van der Waals surface area (Å²) < 4.78 is 17.8. The van der Waals surface area contributed by atoms with Gasteiger partial charge in [0, 0.05) is 36.0 Å². The quantitative estimate of drug-likeness (QED) is 0.760. The number of hydrogen-bond donors (Lipinski definition) is 1. The fourth-order valence-corrected chi connectivity index (χ4v) is 1.98. The van der Waals surface area contributed by atoms with Crippen LogP contribution in [0.15, 0.2) is 60.6 Å². The Morgan fingerprint density at radius 1 is 1.22 bits per heavy atom. The molecule has 120 valence electrons. The van der Waals surface area contributed by atoms with E-state index >= 15 is 0 Å². The third-order valence-electron chi connectivity index (χ3n) is 3.35. The minimum absolute atomic E-state index is 0.0495. The largest absolute Gasteiger partial charge is 0.489 e. The van der Waals surface area contributed by atoms with Crippen LogP contribution in [0.1, 0.15) is 22.5 Å². The molecular weight excluding hydrogens is 295 g/mol. The zero-order valence-electron chi connectivity index (χ0n) is 12.7. The van der Waals surface area contributed by atoms with Gasteiger partial charge in [0.2, 0.25) is 0 Å². The van der Waals surface area contributed by atoms with Crippen LogP contribution in [0.5, 0.6) is 5.75 Å². The van der Waals surface area contributed by atoms with Crippen molar-refractivity contribution in [1.29, 1.82) is 0 Å². The summed E-state index contributed by atoms with van der Waals surface area (Å²) in [5, 5.41) is 0. The molecule has 2 aromatic rings. The molecule has 23 heavy (non-hydrogen) atoms. The zero-order valence-corrected chi connectivity index (χ0v) is 12.7. The number of benzene rings is 1. The summed E-state index contributed by atoms with van der Waals surface area (Å²) in [6.45, 7) is 0.209. The lowest BCUT2D eigenvalue weighted by atomic mass is 10.1. The monoisotopic (exact) mass is 314 g/mol. The Kier molecular flexibility index (Phi) is 6.44. The molecule has 5 heteroatoms. The van der Waals surface area contributed by atoms with Crippen molar-refractivity contribution >= 4 is 5.78 Å². The third-order valence-corrected chi connectivity index (χ3v) is 3.35. The molecule has 1 aromatic heterocycles. The highest BCUT2D eigenvalue weighted by molar-refractivity contribution is 5.96. The van der Waals surface area contributed by atoms with Gasteiger partial charge < -0.3 is 10.5 Å². The highest BCUT2D eigenvalue weighted by Gasteiger charge is 2.07. The molecule has 0 amide bonds. The van der Waals surface area contributed by atoms with E-state index in [-0.39, 0.29) is 18.9 Å². The van der Waals surface area contributed by atoms with Crippen LogP contribution in [0.3, 0.4) is 0 Å². The molecule has 1 aromatic carbocycles. The van der Waals surface area contributed by atoms with E-state index in [1.54, 1.807) is 30.5 Å². The SMILES string of the molecule is NC/C(=C/F)COc1ccc(C(=O)CCc2ccccn2)cc1. The van der Waals surface area contributed by atoms with Gasteiger partial charge in [0.25, 0.3) is 0 Å². The average Bonchev–Trinajstić information content (AvgIpc) is 2.62. The van der Waals surface area contributed by atoms with Gasteiger partial charge in [-0.3, -0.25) is 9.78 Å². The summed E-state index contributed by atoms with van der Waals surface area (Å²) in [5.41, 5.74) is 7.25. The van der Waals surface area contributed by atoms with Gasteiger partial charge in [0.15, 0.2) is 5.78 Å². The van der Waals surface area contributed by atoms with E-state index in [9.17, 15) is 9.18 Å². The molecule has 0 saturated carbocycles. The number of aromatic nitrogens is 1. The first kappa shape index (κ1) is 16.8. The number of aryl methyl sites for hydroxylation is 1. The highest BCUT2D eigenvalue weighted by Crippen LogP contribution is 2.15. The number of hydrogen-bond acceptors (Lipinski definition) is 4. The maximum atomic E-state index is 12.4. The van der Waals surface area contributed by atoms with Crippen LogP contribution in [-0.2, 0) is 6.42 Å². The van der Waals surface area contributed by atoms with Crippen molar-refractivity contribution in [1.82, 2.24) is 4.98 Å². The molecule has 1 heterocycles. The van der Waals surface area contributed by atoms with E-state index in [1.807, 2.05) is 18.2 Å². The first-order chi connectivity index (χ1) is 11.2. The molecule has 0 spiro atoms. The summed E-state index contributed by atoms with van der Waals surface area (Å²) in [4.78, 5) is 16.3. The van der Waals surface area contributed by atoms with E-state index in [4.69, 9.17) is 10.5 Å². The fourth-order valence-electron chi connectivity index (χ4n) is 1.98. The standard InChI is InChI=1S/C18H19FN2O2/c19-11-14(12-20)13-23-17-7-4-15(5-8-17)18(22)9-6-16-3-1-2-10-21-16/h1-5,7-8,10-11H,6,9,12-13,20H2/b14-11-. The van der Waals surface area contributed by atoms with E-state index < -0.39 is 0 Å². The number of ketones is 1. The second kappa shape index (κ2) is 8.80.